The van der Waals surface area contributed by atoms with E-state index < -0.39 is 0 Å². The quantitative estimate of drug-likeness (QED) is 0.735. The highest BCUT2D eigenvalue weighted by molar-refractivity contribution is 5.58. The highest BCUT2D eigenvalue weighted by atomic mass is 16.3. The number of aryl methyl sites for hydroxylation is 1. The van der Waals surface area contributed by atoms with E-state index in [1.165, 1.54) is 0 Å². The Morgan fingerprint density at radius 3 is 2.60 bits per heavy atom. The SMILES string of the molecule is Cc1nc(-c2ccccc2)c(=O)[nH]c1O. The van der Waals surface area contributed by atoms with E-state index in [2.05, 4.69) is 9.97 Å². The second kappa shape index (κ2) is 3.57. The van der Waals surface area contributed by atoms with Crippen molar-refractivity contribution in [3.05, 3.63) is 46.4 Å². The van der Waals surface area contributed by atoms with Crippen LogP contribution in [0, 0.1) is 6.92 Å². The number of hydrogen-bond acceptors (Lipinski definition) is 3. The summed E-state index contributed by atoms with van der Waals surface area (Å²) in [4.78, 5) is 17.9. The first-order valence-electron chi connectivity index (χ1n) is 4.54. The minimum absolute atomic E-state index is 0.181. The molecule has 0 bridgehead atoms. The molecule has 15 heavy (non-hydrogen) atoms. The molecule has 0 amide bonds. The Morgan fingerprint density at radius 2 is 1.93 bits per heavy atom. The maximum absolute atomic E-state index is 11.5. The molecule has 0 radical (unpaired) electrons. The fraction of sp³-hybridized carbons (Fsp3) is 0.0909. The fourth-order valence-corrected chi connectivity index (χ4v) is 1.32. The first-order chi connectivity index (χ1) is 7.18. The third-order valence-electron chi connectivity index (χ3n) is 2.12. The lowest BCUT2D eigenvalue weighted by molar-refractivity contribution is 0.443. The van der Waals surface area contributed by atoms with Crippen LogP contribution >= 0.6 is 0 Å². The van der Waals surface area contributed by atoms with E-state index in [0.29, 0.717) is 11.4 Å². The van der Waals surface area contributed by atoms with Gasteiger partial charge < -0.3 is 5.11 Å². The van der Waals surface area contributed by atoms with Gasteiger partial charge in [-0.15, -0.1) is 0 Å². The zero-order valence-electron chi connectivity index (χ0n) is 8.19. The van der Waals surface area contributed by atoms with Crippen LogP contribution in [-0.2, 0) is 0 Å². The largest absolute Gasteiger partial charge is 0.493 e. The van der Waals surface area contributed by atoms with E-state index in [0.717, 1.165) is 5.56 Å². The molecular formula is C11H10N2O2. The Balaban J connectivity index is 2.65. The molecule has 4 nitrogen and oxygen atoms in total. The van der Waals surface area contributed by atoms with Crippen LogP contribution in [0.4, 0.5) is 0 Å². The number of aromatic hydroxyl groups is 1. The van der Waals surface area contributed by atoms with Crippen molar-refractivity contribution in [1.82, 2.24) is 9.97 Å². The van der Waals surface area contributed by atoms with Gasteiger partial charge in [0.05, 0.1) is 5.69 Å². The second-order valence-corrected chi connectivity index (χ2v) is 3.21. The van der Waals surface area contributed by atoms with Crippen molar-refractivity contribution in [3.8, 4) is 17.1 Å². The predicted octanol–water partition coefficient (Wildman–Crippen LogP) is 1.45. The van der Waals surface area contributed by atoms with Gasteiger partial charge in [0.2, 0.25) is 5.88 Å². The molecule has 2 aromatic rings. The topological polar surface area (TPSA) is 66.0 Å². The van der Waals surface area contributed by atoms with Gasteiger partial charge in [0.15, 0.2) is 0 Å². The van der Waals surface area contributed by atoms with Gasteiger partial charge in [-0.2, -0.15) is 0 Å². The summed E-state index contributed by atoms with van der Waals surface area (Å²) < 4.78 is 0. The number of aromatic amines is 1. The molecule has 0 atom stereocenters. The number of H-pyrrole nitrogens is 1. The van der Waals surface area contributed by atoms with Crippen molar-refractivity contribution >= 4 is 0 Å². The molecule has 0 aliphatic rings. The smallest absolute Gasteiger partial charge is 0.277 e. The number of rotatable bonds is 1. The van der Waals surface area contributed by atoms with Gasteiger partial charge >= 0.3 is 0 Å². The maximum atomic E-state index is 11.5. The molecule has 2 N–H and O–H groups in total. The summed E-state index contributed by atoms with van der Waals surface area (Å²) in [5.74, 6) is -0.181. The lowest BCUT2D eigenvalue weighted by atomic mass is 10.1. The third-order valence-corrected chi connectivity index (χ3v) is 2.12. The van der Waals surface area contributed by atoms with Crippen molar-refractivity contribution in [2.24, 2.45) is 0 Å². The summed E-state index contributed by atoms with van der Waals surface area (Å²) in [5.41, 5.74) is 1.09. The van der Waals surface area contributed by atoms with Crippen LogP contribution in [0.2, 0.25) is 0 Å². The summed E-state index contributed by atoms with van der Waals surface area (Å²) in [6.45, 7) is 1.64. The normalized spacial score (nSPS) is 10.2. The Morgan fingerprint density at radius 1 is 1.27 bits per heavy atom. The highest BCUT2D eigenvalue weighted by Crippen LogP contribution is 2.14. The summed E-state index contributed by atoms with van der Waals surface area (Å²) in [7, 11) is 0. The molecule has 0 spiro atoms. The third kappa shape index (κ3) is 1.74. The van der Waals surface area contributed by atoms with Crippen LogP contribution in [0.15, 0.2) is 35.1 Å². The number of aromatic nitrogens is 2. The van der Waals surface area contributed by atoms with Crippen molar-refractivity contribution in [3.63, 3.8) is 0 Å². The second-order valence-electron chi connectivity index (χ2n) is 3.21. The molecule has 0 saturated carbocycles. The maximum Gasteiger partial charge on any atom is 0.277 e. The van der Waals surface area contributed by atoms with Crippen LogP contribution in [0.1, 0.15) is 5.69 Å². The van der Waals surface area contributed by atoms with E-state index in [1.807, 2.05) is 18.2 Å². The average Bonchev–Trinajstić information content (AvgIpc) is 2.25. The molecule has 0 unspecified atom stereocenters. The Bertz CT molecular complexity index is 532. The molecular weight excluding hydrogens is 192 g/mol. The molecule has 0 fully saturated rings. The van der Waals surface area contributed by atoms with E-state index in [1.54, 1.807) is 19.1 Å². The van der Waals surface area contributed by atoms with Gasteiger partial charge in [-0.1, -0.05) is 30.3 Å². The van der Waals surface area contributed by atoms with Crippen molar-refractivity contribution < 1.29 is 5.11 Å². The van der Waals surface area contributed by atoms with E-state index in [-0.39, 0.29) is 11.4 Å². The number of benzene rings is 1. The van der Waals surface area contributed by atoms with Crippen molar-refractivity contribution in [1.29, 1.82) is 0 Å². The summed E-state index contributed by atoms with van der Waals surface area (Å²) in [5, 5.41) is 9.25. The fourth-order valence-electron chi connectivity index (χ4n) is 1.32. The Labute approximate surface area is 86.2 Å². The molecule has 0 saturated heterocycles. The van der Waals surface area contributed by atoms with Gasteiger partial charge in [0.25, 0.3) is 5.56 Å². The van der Waals surface area contributed by atoms with Crippen LogP contribution < -0.4 is 5.56 Å². The van der Waals surface area contributed by atoms with E-state index >= 15 is 0 Å². The first kappa shape index (κ1) is 9.45. The molecule has 1 aromatic carbocycles. The molecule has 76 valence electrons. The standard InChI is InChI=1S/C11H10N2O2/c1-7-10(14)13-11(15)9(12-7)8-5-3-2-4-6-8/h2-6H,1H3,(H2,13,14,15). The van der Waals surface area contributed by atoms with Gasteiger partial charge in [0.1, 0.15) is 5.69 Å². The van der Waals surface area contributed by atoms with Crippen LogP contribution in [-0.4, -0.2) is 15.1 Å². The minimum atomic E-state index is -0.385. The number of nitrogens with one attached hydrogen (secondary N) is 1. The molecule has 4 heteroatoms. The van der Waals surface area contributed by atoms with Gasteiger partial charge in [0, 0.05) is 5.56 Å². The molecule has 0 aliphatic carbocycles. The summed E-state index contributed by atoms with van der Waals surface area (Å²) in [6.07, 6.45) is 0. The lowest BCUT2D eigenvalue weighted by Gasteiger charge is -2.02. The average molecular weight is 202 g/mol. The highest BCUT2D eigenvalue weighted by Gasteiger charge is 2.07. The van der Waals surface area contributed by atoms with Gasteiger partial charge in [-0.05, 0) is 6.92 Å². The Kier molecular flexibility index (Phi) is 2.25. The molecule has 1 heterocycles. The number of nitrogens with zero attached hydrogens (tertiary/aromatic N) is 1. The summed E-state index contributed by atoms with van der Waals surface area (Å²) >= 11 is 0. The van der Waals surface area contributed by atoms with Crippen LogP contribution in [0.5, 0.6) is 5.88 Å². The van der Waals surface area contributed by atoms with E-state index in [4.69, 9.17) is 0 Å². The monoisotopic (exact) mass is 202 g/mol. The first-order valence-corrected chi connectivity index (χ1v) is 4.54. The number of hydrogen-bond donors (Lipinski definition) is 2. The Hall–Kier alpha value is -2.10. The van der Waals surface area contributed by atoms with Crippen LogP contribution in [0.25, 0.3) is 11.3 Å². The summed E-state index contributed by atoms with van der Waals surface area (Å²) in [6, 6.07) is 9.13. The van der Waals surface area contributed by atoms with Crippen molar-refractivity contribution in [2.75, 3.05) is 0 Å². The van der Waals surface area contributed by atoms with Crippen molar-refractivity contribution in [2.45, 2.75) is 6.92 Å². The molecule has 0 aliphatic heterocycles. The van der Waals surface area contributed by atoms with Gasteiger partial charge in [-0.3, -0.25) is 9.78 Å². The van der Waals surface area contributed by atoms with Crippen LogP contribution in [0.3, 0.4) is 0 Å². The zero-order valence-corrected chi connectivity index (χ0v) is 8.19. The molecule has 1 aromatic heterocycles. The lowest BCUT2D eigenvalue weighted by Crippen LogP contribution is -2.12. The van der Waals surface area contributed by atoms with E-state index in [9.17, 15) is 9.90 Å². The predicted molar refractivity (Wildman–Crippen MR) is 56.7 cm³/mol. The molecule has 2 rings (SSSR count). The van der Waals surface area contributed by atoms with Gasteiger partial charge in [-0.25, -0.2) is 4.98 Å². The minimum Gasteiger partial charge on any atom is -0.493 e. The zero-order chi connectivity index (χ0) is 10.8.